The summed E-state index contributed by atoms with van der Waals surface area (Å²) in [5.74, 6) is -1.72. The summed E-state index contributed by atoms with van der Waals surface area (Å²) in [5, 5.41) is 8.46. The standard InChI is InChI=1S/C31H32FNO6S/c1-20-4-8-22(9-5-20)31(38-17-30(2,3)18-39-31)19-40-28-27(21-6-14-25(15-7-21)37-16-26(34)35)33(29(28)36)24-12-10-23(32)11-13-24/h4-15,27-28H,16-19H2,1-3H3,(H,34,35)/t27-,28-/m1/s1. The van der Waals surface area contributed by atoms with Crippen LogP contribution in [0.25, 0.3) is 0 Å². The summed E-state index contributed by atoms with van der Waals surface area (Å²) in [7, 11) is 0. The molecule has 2 atom stereocenters. The highest BCUT2D eigenvalue weighted by molar-refractivity contribution is 8.00. The molecular formula is C31H32FNO6S. The van der Waals surface area contributed by atoms with Crippen LogP contribution in [-0.4, -0.2) is 47.8 Å². The van der Waals surface area contributed by atoms with Crippen LogP contribution >= 0.6 is 11.8 Å². The highest BCUT2D eigenvalue weighted by Crippen LogP contribution is 2.48. The number of β-lactam (4-membered cyclic amide) rings is 1. The van der Waals surface area contributed by atoms with E-state index in [1.54, 1.807) is 29.2 Å². The summed E-state index contributed by atoms with van der Waals surface area (Å²) in [6.45, 7) is 6.80. The van der Waals surface area contributed by atoms with Gasteiger partial charge in [-0.3, -0.25) is 4.79 Å². The van der Waals surface area contributed by atoms with Crippen molar-refractivity contribution in [2.24, 2.45) is 5.41 Å². The minimum Gasteiger partial charge on any atom is -0.482 e. The predicted octanol–water partition coefficient (Wildman–Crippen LogP) is 5.71. The number of carbonyl (C=O) groups is 2. The topological polar surface area (TPSA) is 85.3 Å². The fraction of sp³-hybridized carbons (Fsp3) is 0.355. The maximum atomic E-state index is 13.7. The molecule has 0 bridgehead atoms. The van der Waals surface area contributed by atoms with Crippen LogP contribution in [0.4, 0.5) is 10.1 Å². The van der Waals surface area contributed by atoms with Crippen molar-refractivity contribution in [2.75, 3.05) is 30.5 Å². The van der Waals surface area contributed by atoms with E-state index in [-0.39, 0.29) is 23.2 Å². The number of nitrogens with zero attached hydrogens (tertiary/aromatic N) is 1. The SMILES string of the molecule is Cc1ccc(C2(CS[C@H]3C(=O)N(c4ccc(F)cc4)[C@@H]3c3ccc(OCC(=O)O)cc3)OCC(C)(C)CO2)cc1. The molecule has 0 spiro atoms. The average Bonchev–Trinajstić information content (AvgIpc) is 2.93. The predicted molar refractivity (Wildman–Crippen MR) is 151 cm³/mol. The fourth-order valence-electron chi connectivity index (χ4n) is 4.79. The molecule has 0 radical (unpaired) electrons. The monoisotopic (exact) mass is 565 g/mol. The van der Waals surface area contributed by atoms with E-state index >= 15 is 0 Å². The van der Waals surface area contributed by atoms with Crippen molar-refractivity contribution in [3.05, 3.63) is 95.3 Å². The lowest BCUT2D eigenvalue weighted by Gasteiger charge is -2.49. The molecule has 210 valence electrons. The van der Waals surface area contributed by atoms with E-state index in [2.05, 4.69) is 13.8 Å². The van der Waals surface area contributed by atoms with Gasteiger partial charge in [-0.15, -0.1) is 11.8 Å². The van der Waals surface area contributed by atoms with Gasteiger partial charge in [0.2, 0.25) is 11.7 Å². The van der Waals surface area contributed by atoms with E-state index in [0.717, 1.165) is 16.7 Å². The normalized spacial score (nSPS) is 21.5. The van der Waals surface area contributed by atoms with Crippen LogP contribution in [0.15, 0.2) is 72.8 Å². The molecule has 3 aromatic rings. The quantitative estimate of drug-likeness (QED) is 0.333. The molecule has 2 aliphatic rings. The molecule has 1 amide bonds. The van der Waals surface area contributed by atoms with Crippen molar-refractivity contribution in [3.63, 3.8) is 0 Å². The number of amides is 1. The number of carboxylic acids is 1. The number of benzene rings is 3. The van der Waals surface area contributed by atoms with Crippen molar-refractivity contribution < 1.29 is 33.3 Å². The van der Waals surface area contributed by atoms with Gasteiger partial charge < -0.3 is 24.2 Å². The molecular weight excluding hydrogens is 533 g/mol. The third-order valence-electron chi connectivity index (χ3n) is 7.07. The van der Waals surface area contributed by atoms with Crippen LogP contribution in [0, 0.1) is 18.2 Å². The van der Waals surface area contributed by atoms with Crippen LogP contribution in [0.5, 0.6) is 5.75 Å². The molecule has 7 nitrogen and oxygen atoms in total. The Labute approximate surface area is 237 Å². The molecule has 2 fully saturated rings. The number of rotatable bonds is 9. The van der Waals surface area contributed by atoms with Crippen molar-refractivity contribution in [1.82, 2.24) is 0 Å². The van der Waals surface area contributed by atoms with E-state index in [9.17, 15) is 14.0 Å². The van der Waals surface area contributed by atoms with Crippen molar-refractivity contribution >= 4 is 29.3 Å². The second kappa shape index (κ2) is 11.2. The van der Waals surface area contributed by atoms with Crippen molar-refractivity contribution in [3.8, 4) is 5.75 Å². The Morgan fingerprint density at radius 2 is 1.65 bits per heavy atom. The Hall–Kier alpha value is -3.40. The zero-order valence-electron chi connectivity index (χ0n) is 22.6. The largest absolute Gasteiger partial charge is 0.482 e. The molecule has 3 aromatic carbocycles. The molecule has 2 aliphatic heterocycles. The van der Waals surface area contributed by atoms with Gasteiger partial charge in [-0.05, 0) is 48.9 Å². The fourth-order valence-corrected chi connectivity index (χ4v) is 6.24. The van der Waals surface area contributed by atoms with Crippen LogP contribution in [0.1, 0.15) is 36.6 Å². The Bertz CT molecular complexity index is 1350. The number of carbonyl (C=O) groups excluding carboxylic acids is 1. The Morgan fingerprint density at radius 1 is 1.02 bits per heavy atom. The van der Waals surface area contributed by atoms with Gasteiger partial charge in [0.1, 0.15) is 16.8 Å². The molecule has 0 saturated carbocycles. The van der Waals surface area contributed by atoms with Gasteiger partial charge in [-0.25, -0.2) is 9.18 Å². The smallest absolute Gasteiger partial charge is 0.341 e. The number of anilines is 1. The molecule has 1 N–H and O–H groups in total. The summed E-state index contributed by atoms with van der Waals surface area (Å²) in [5.41, 5.74) is 3.35. The average molecular weight is 566 g/mol. The van der Waals surface area contributed by atoms with Crippen molar-refractivity contribution in [1.29, 1.82) is 0 Å². The minimum atomic E-state index is -1.06. The first-order valence-electron chi connectivity index (χ1n) is 13.1. The molecule has 0 unspecified atom stereocenters. The minimum absolute atomic E-state index is 0.0944. The highest BCUT2D eigenvalue weighted by atomic mass is 32.2. The van der Waals surface area contributed by atoms with Crippen molar-refractivity contribution in [2.45, 2.75) is 37.9 Å². The number of aryl methyl sites for hydroxylation is 1. The number of halogens is 1. The van der Waals surface area contributed by atoms with Crippen LogP contribution in [0.2, 0.25) is 0 Å². The maximum Gasteiger partial charge on any atom is 0.341 e. The third kappa shape index (κ3) is 5.87. The van der Waals surface area contributed by atoms with Gasteiger partial charge in [-0.2, -0.15) is 0 Å². The molecule has 9 heteroatoms. The summed E-state index contributed by atoms with van der Waals surface area (Å²) >= 11 is 1.47. The lowest BCUT2D eigenvalue weighted by atomic mass is 9.92. The number of carboxylic acid groups (broad SMARTS) is 1. The van der Waals surface area contributed by atoms with Gasteiger partial charge in [-0.1, -0.05) is 55.8 Å². The molecule has 40 heavy (non-hydrogen) atoms. The van der Waals surface area contributed by atoms with Gasteiger partial charge >= 0.3 is 5.97 Å². The van der Waals surface area contributed by atoms with Gasteiger partial charge in [0, 0.05) is 16.7 Å². The summed E-state index contributed by atoms with van der Waals surface area (Å²) < 4.78 is 31.8. The molecule has 5 rings (SSSR count). The van der Waals surface area contributed by atoms with Gasteiger partial charge in [0.05, 0.1) is 25.0 Å². The Kier molecular flexibility index (Phi) is 7.90. The lowest BCUT2D eigenvalue weighted by Crippen LogP contribution is -2.58. The summed E-state index contributed by atoms with van der Waals surface area (Å²) in [4.78, 5) is 26.1. The van der Waals surface area contributed by atoms with E-state index in [1.807, 2.05) is 43.3 Å². The van der Waals surface area contributed by atoms with Crippen LogP contribution in [0.3, 0.4) is 0 Å². The van der Waals surface area contributed by atoms with Gasteiger partial charge in [0.25, 0.3) is 0 Å². The van der Waals surface area contributed by atoms with E-state index < -0.39 is 23.6 Å². The zero-order valence-corrected chi connectivity index (χ0v) is 23.4. The highest BCUT2D eigenvalue weighted by Gasteiger charge is 2.51. The van der Waals surface area contributed by atoms with E-state index in [4.69, 9.17) is 19.3 Å². The van der Waals surface area contributed by atoms with Crippen LogP contribution < -0.4 is 9.64 Å². The van der Waals surface area contributed by atoms with E-state index in [0.29, 0.717) is 30.4 Å². The molecule has 0 aromatic heterocycles. The van der Waals surface area contributed by atoms with Gasteiger partial charge in [0.15, 0.2) is 6.61 Å². The second-order valence-corrected chi connectivity index (χ2v) is 12.1. The zero-order chi connectivity index (χ0) is 28.5. The number of hydrogen-bond acceptors (Lipinski definition) is 6. The Morgan fingerprint density at radius 3 is 2.25 bits per heavy atom. The summed E-state index contributed by atoms with van der Waals surface area (Å²) in [6, 6.07) is 20.6. The number of thioether (sulfide) groups is 1. The molecule has 0 aliphatic carbocycles. The second-order valence-electron chi connectivity index (χ2n) is 11.0. The molecule has 2 heterocycles. The van der Waals surface area contributed by atoms with E-state index in [1.165, 1.54) is 23.9 Å². The Balaban J connectivity index is 1.41. The van der Waals surface area contributed by atoms with Crippen LogP contribution in [-0.2, 0) is 24.8 Å². The third-order valence-corrected chi connectivity index (χ3v) is 8.44. The maximum absolute atomic E-state index is 13.7. The number of ether oxygens (including phenoxy) is 3. The first kappa shape index (κ1) is 28.1. The lowest BCUT2D eigenvalue weighted by molar-refractivity contribution is -0.295. The summed E-state index contributed by atoms with van der Waals surface area (Å²) in [6.07, 6.45) is 0. The first-order valence-corrected chi connectivity index (χ1v) is 14.1. The number of hydrogen-bond donors (Lipinski definition) is 1. The molecule has 2 saturated heterocycles. The first-order chi connectivity index (χ1) is 19.1. The number of aliphatic carboxylic acids is 1.